The number of nitrogens with one attached hydrogen (secondary N) is 2. The number of carbonyl (C=O) groups excluding carboxylic acids is 1. The van der Waals surface area contributed by atoms with Gasteiger partial charge in [-0.3, -0.25) is 4.79 Å². The highest BCUT2D eigenvalue weighted by Gasteiger charge is 2.13. The van der Waals surface area contributed by atoms with Gasteiger partial charge in [-0.25, -0.2) is 4.39 Å². The van der Waals surface area contributed by atoms with Crippen LogP contribution in [0.5, 0.6) is 0 Å². The van der Waals surface area contributed by atoms with Gasteiger partial charge in [0.2, 0.25) is 5.91 Å². The summed E-state index contributed by atoms with van der Waals surface area (Å²) in [5.74, 6) is -0.431. The standard InChI is InChI=1S/C12H16BrFN2O/c1-3-6-15-12(17)8(2)16-11-7-9(14)4-5-10(11)13/h4-5,7-8,16H,3,6H2,1-2H3,(H,15,17). The van der Waals surface area contributed by atoms with Crippen molar-refractivity contribution in [2.75, 3.05) is 11.9 Å². The van der Waals surface area contributed by atoms with Crippen molar-refractivity contribution in [3.63, 3.8) is 0 Å². The molecule has 5 heteroatoms. The second kappa shape index (κ2) is 6.59. The molecule has 0 saturated carbocycles. The molecule has 1 amide bonds. The lowest BCUT2D eigenvalue weighted by molar-refractivity contribution is -0.121. The summed E-state index contributed by atoms with van der Waals surface area (Å²) >= 11 is 3.30. The van der Waals surface area contributed by atoms with Crippen LogP contribution >= 0.6 is 15.9 Å². The smallest absolute Gasteiger partial charge is 0.242 e. The third-order valence-electron chi connectivity index (χ3n) is 2.24. The highest BCUT2D eigenvalue weighted by molar-refractivity contribution is 9.10. The summed E-state index contributed by atoms with van der Waals surface area (Å²) in [7, 11) is 0. The Balaban J connectivity index is 2.64. The number of halogens is 2. The molecule has 94 valence electrons. The molecule has 1 aromatic rings. The molecule has 0 aromatic heterocycles. The summed E-state index contributed by atoms with van der Waals surface area (Å²) in [6.07, 6.45) is 0.891. The average Bonchev–Trinajstić information content (AvgIpc) is 2.30. The monoisotopic (exact) mass is 302 g/mol. The Hall–Kier alpha value is -1.10. The quantitative estimate of drug-likeness (QED) is 0.878. The summed E-state index contributed by atoms with van der Waals surface area (Å²) in [6, 6.07) is 3.92. The summed E-state index contributed by atoms with van der Waals surface area (Å²) in [6.45, 7) is 4.37. The topological polar surface area (TPSA) is 41.1 Å². The maximum atomic E-state index is 13.0. The molecule has 1 atom stereocenters. The molecule has 0 aliphatic rings. The van der Waals surface area contributed by atoms with Crippen molar-refractivity contribution in [1.82, 2.24) is 5.32 Å². The largest absolute Gasteiger partial charge is 0.373 e. The van der Waals surface area contributed by atoms with E-state index < -0.39 is 6.04 Å². The molecule has 0 radical (unpaired) electrons. The van der Waals surface area contributed by atoms with Crippen molar-refractivity contribution in [3.8, 4) is 0 Å². The predicted molar refractivity (Wildman–Crippen MR) is 70.5 cm³/mol. The first-order valence-corrected chi connectivity index (χ1v) is 6.33. The van der Waals surface area contributed by atoms with Crippen LogP contribution in [0.4, 0.5) is 10.1 Å². The molecule has 0 fully saturated rings. The zero-order valence-corrected chi connectivity index (χ0v) is 11.5. The van der Waals surface area contributed by atoms with Crippen molar-refractivity contribution in [2.24, 2.45) is 0 Å². The molecule has 1 rings (SSSR count). The number of benzene rings is 1. The van der Waals surface area contributed by atoms with Crippen LogP contribution in [0.3, 0.4) is 0 Å². The van der Waals surface area contributed by atoms with Gasteiger partial charge < -0.3 is 10.6 Å². The maximum absolute atomic E-state index is 13.0. The lowest BCUT2D eigenvalue weighted by atomic mass is 10.2. The van der Waals surface area contributed by atoms with E-state index >= 15 is 0 Å². The van der Waals surface area contributed by atoms with Crippen LogP contribution in [0.2, 0.25) is 0 Å². The Labute approximate surface area is 109 Å². The van der Waals surface area contributed by atoms with Crippen LogP contribution in [-0.4, -0.2) is 18.5 Å². The Kier molecular flexibility index (Phi) is 5.41. The van der Waals surface area contributed by atoms with E-state index in [1.165, 1.54) is 12.1 Å². The first kappa shape index (κ1) is 14.0. The normalized spacial score (nSPS) is 12.0. The van der Waals surface area contributed by atoms with E-state index in [1.54, 1.807) is 13.0 Å². The minimum atomic E-state index is -0.403. The Morgan fingerprint density at radius 2 is 2.24 bits per heavy atom. The van der Waals surface area contributed by atoms with Crippen molar-refractivity contribution in [3.05, 3.63) is 28.5 Å². The fourth-order valence-corrected chi connectivity index (χ4v) is 1.67. The summed E-state index contributed by atoms with van der Waals surface area (Å²) < 4.78 is 13.8. The molecule has 2 N–H and O–H groups in total. The van der Waals surface area contributed by atoms with Crippen molar-refractivity contribution >= 4 is 27.5 Å². The van der Waals surface area contributed by atoms with Gasteiger partial charge in [-0.05, 0) is 47.5 Å². The van der Waals surface area contributed by atoms with E-state index in [2.05, 4.69) is 26.6 Å². The SMILES string of the molecule is CCCNC(=O)C(C)Nc1cc(F)ccc1Br. The molecule has 0 heterocycles. The molecule has 0 aliphatic heterocycles. The number of carbonyl (C=O) groups is 1. The van der Waals surface area contributed by atoms with Crippen LogP contribution in [0.1, 0.15) is 20.3 Å². The highest BCUT2D eigenvalue weighted by Crippen LogP contribution is 2.23. The molecule has 0 bridgehead atoms. The summed E-state index contributed by atoms with van der Waals surface area (Å²) in [4.78, 5) is 11.6. The van der Waals surface area contributed by atoms with E-state index in [0.29, 0.717) is 12.2 Å². The highest BCUT2D eigenvalue weighted by atomic mass is 79.9. The van der Waals surface area contributed by atoms with E-state index in [0.717, 1.165) is 10.9 Å². The zero-order valence-electron chi connectivity index (χ0n) is 9.89. The minimum Gasteiger partial charge on any atom is -0.373 e. The Bertz CT molecular complexity index is 398. The van der Waals surface area contributed by atoms with E-state index in [1.807, 2.05) is 6.92 Å². The molecular formula is C12H16BrFN2O. The van der Waals surface area contributed by atoms with Crippen LogP contribution in [0, 0.1) is 5.82 Å². The molecular weight excluding hydrogens is 287 g/mol. The van der Waals surface area contributed by atoms with Crippen LogP contribution in [0.15, 0.2) is 22.7 Å². The summed E-state index contributed by atoms with van der Waals surface area (Å²) in [5, 5.41) is 5.74. The molecule has 0 saturated heterocycles. The van der Waals surface area contributed by atoms with Gasteiger partial charge in [-0.15, -0.1) is 0 Å². The molecule has 0 spiro atoms. The zero-order chi connectivity index (χ0) is 12.8. The maximum Gasteiger partial charge on any atom is 0.242 e. The molecule has 0 aliphatic carbocycles. The first-order chi connectivity index (χ1) is 8.04. The van der Waals surface area contributed by atoms with Crippen LogP contribution in [-0.2, 0) is 4.79 Å². The molecule has 1 unspecified atom stereocenters. The molecule has 3 nitrogen and oxygen atoms in total. The predicted octanol–water partition coefficient (Wildman–Crippen LogP) is 2.91. The number of rotatable bonds is 5. The van der Waals surface area contributed by atoms with E-state index in [9.17, 15) is 9.18 Å². The second-order valence-electron chi connectivity index (χ2n) is 3.78. The third kappa shape index (κ3) is 4.34. The summed E-state index contributed by atoms with van der Waals surface area (Å²) in [5.41, 5.74) is 0.573. The van der Waals surface area contributed by atoms with Gasteiger partial charge in [0.1, 0.15) is 11.9 Å². The van der Waals surface area contributed by atoms with Gasteiger partial charge >= 0.3 is 0 Å². The fraction of sp³-hybridized carbons (Fsp3) is 0.417. The molecule has 17 heavy (non-hydrogen) atoms. The van der Waals surface area contributed by atoms with Crippen molar-refractivity contribution < 1.29 is 9.18 Å². The average molecular weight is 303 g/mol. The van der Waals surface area contributed by atoms with E-state index in [4.69, 9.17) is 0 Å². The Morgan fingerprint density at radius 3 is 2.88 bits per heavy atom. The first-order valence-electron chi connectivity index (χ1n) is 5.54. The van der Waals surface area contributed by atoms with Gasteiger partial charge in [0, 0.05) is 11.0 Å². The van der Waals surface area contributed by atoms with Gasteiger partial charge in [0.05, 0.1) is 5.69 Å². The van der Waals surface area contributed by atoms with Crippen LogP contribution in [0.25, 0.3) is 0 Å². The Morgan fingerprint density at radius 1 is 1.53 bits per heavy atom. The van der Waals surface area contributed by atoms with Gasteiger partial charge in [0.15, 0.2) is 0 Å². The number of amides is 1. The third-order valence-corrected chi connectivity index (χ3v) is 2.93. The number of anilines is 1. The minimum absolute atomic E-state index is 0.0944. The lowest BCUT2D eigenvalue weighted by Crippen LogP contribution is -2.37. The second-order valence-corrected chi connectivity index (χ2v) is 4.64. The van der Waals surface area contributed by atoms with E-state index in [-0.39, 0.29) is 11.7 Å². The number of hydrogen-bond donors (Lipinski definition) is 2. The molecule has 1 aromatic carbocycles. The lowest BCUT2D eigenvalue weighted by Gasteiger charge is -2.16. The van der Waals surface area contributed by atoms with Gasteiger partial charge in [-0.1, -0.05) is 6.92 Å². The van der Waals surface area contributed by atoms with Crippen molar-refractivity contribution in [2.45, 2.75) is 26.3 Å². The number of hydrogen-bond acceptors (Lipinski definition) is 2. The fourth-order valence-electron chi connectivity index (χ4n) is 1.31. The van der Waals surface area contributed by atoms with Crippen molar-refractivity contribution in [1.29, 1.82) is 0 Å². The van der Waals surface area contributed by atoms with Gasteiger partial charge in [-0.2, -0.15) is 0 Å². The van der Waals surface area contributed by atoms with Gasteiger partial charge in [0.25, 0.3) is 0 Å². The van der Waals surface area contributed by atoms with Crippen LogP contribution < -0.4 is 10.6 Å².